The van der Waals surface area contributed by atoms with Gasteiger partial charge in [0.05, 0.1) is 11.1 Å². The van der Waals surface area contributed by atoms with Crippen LogP contribution in [0.25, 0.3) is 27.8 Å². The van der Waals surface area contributed by atoms with Crippen molar-refractivity contribution in [2.75, 3.05) is 0 Å². The second-order valence-corrected chi connectivity index (χ2v) is 6.35. The molecular formula is C21H13ClFNO2. The average molecular weight is 366 g/mol. The van der Waals surface area contributed by atoms with E-state index in [4.69, 9.17) is 11.6 Å². The molecule has 0 atom stereocenters. The van der Waals surface area contributed by atoms with E-state index >= 15 is 0 Å². The van der Waals surface area contributed by atoms with Crippen molar-refractivity contribution in [2.24, 2.45) is 0 Å². The number of benzene rings is 2. The summed E-state index contributed by atoms with van der Waals surface area (Å²) in [6.07, 6.45) is 3.78. The molecule has 0 unspecified atom stereocenters. The van der Waals surface area contributed by atoms with E-state index in [0.717, 1.165) is 22.7 Å². The summed E-state index contributed by atoms with van der Waals surface area (Å²) < 4.78 is 15.9. The van der Waals surface area contributed by atoms with Gasteiger partial charge in [-0.25, -0.2) is 9.18 Å². The highest BCUT2D eigenvalue weighted by Crippen LogP contribution is 2.39. The number of hydrogen-bond donors (Lipinski definition) is 1. The summed E-state index contributed by atoms with van der Waals surface area (Å²) >= 11 is 5.99. The molecule has 2 heterocycles. The smallest absolute Gasteiger partial charge is 0.336 e. The number of nitrogens with zero attached hydrogens (tertiary/aromatic N) is 1. The lowest BCUT2D eigenvalue weighted by Crippen LogP contribution is -2.00. The summed E-state index contributed by atoms with van der Waals surface area (Å²) in [6.45, 7) is 0. The van der Waals surface area contributed by atoms with Gasteiger partial charge in [-0.3, -0.25) is 0 Å². The first kappa shape index (κ1) is 16.4. The molecule has 0 radical (unpaired) electrons. The van der Waals surface area contributed by atoms with Crippen molar-refractivity contribution in [1.82, 2.24) is 4.40 Å². The molecule has 3 nitrogen and oxygen atoms in total. The van der Waals surface area contributed by atoms with Gasteiger partial charge in [-0.15, -0.1) is 0 Å². The number of aromatic nitrogens is 1. The van der Waals surface area contributed by atoms with Gasteiger partial charge in [-0.1, -0.05) is 29.8 Å². The highest BCUT2D eigenvalue weighted by Gasteiger charge is 2.20. The van der Waals surface area contributed by atoms with E-state index in [1.165, 1.54) is 12.1 Å². The van der Waals surface area contributed by atoms with Crippen molar-refractivity contribution < 1.29 is 14.3 Å². The lowest BCUT2D eigenvalue weighted by molar-refractivity contribution is 0.0697. The molecule has 4 aromatic rings. The summed E-state index contributed by atoms with van der Waals surface area (Å²) in [4.78, 5) is 11.7. The normalized spacial score (nSPS) is 11.0. The van der Waals surface area contributed by atoms with Crippen LogP contribution in [-0.2, 0) is 0 Å². The molecule has 5 heteroatoms. The van der Waals surface area contributed by atoms with Crippen LogP contribution in [0.15, 0.2) is 73.1 Å². The molecule has 0 bridgehead atoms. The first-order valence-electron chi connectivity index (χ1n) is 7.93. The molecule has 0 amide bonds. The Morgan fingerprint density at radius 1 is 1.00 bits per heavy atom. The summed E-state index contributed by atoms with van der Waals surface area (Å²) in [5, 5.41) is 10.2. The number of pyridine rings is 1. The van der Waals surface area contributed by atoms with Crippen LogP contribution in [0.2, 0.25) is 5.02 Å². The molecular weight excluding hydrogens is 353 g/mol. The van der Waals surface area contributed by atoms with Gasteiger partial charge in [0.2, 0.25) is 0 Å². The molecule has 0 aliphatic rings. The molecule has 0 aliphatic heterocycles. The number of hydrogen-bond acceptors (Lipinski definition) is 1. The number of carboxylic acid groups (broad SMARTS) is 1. The highest BCUT2D eigenvalue weighted by atomic mass is 35.5. The van der Waals surface area contributed by atoms with E-state index in [-0.39, 0.29) is 5.56 Å². The lowest BCUT2D eigenvalue weighted by Gasteiger charge is -2.10. The van der Waals surface area contributed by atoms with E-state index in [0.29, 0.717) is 16.1 Å². The molecule has 0 aliphatic carbocycles. The minimum atomic E-state index is -1.10. The average Bonchev–Trinajstić information content (AvgIpc) is 3.01. The minimum Gasteiger partial charge on any atom is -0.478 e. The summed E-state index contributed by atoms with van der Waals surface area (Å²) in [7, 11) is 0. The Balaban J connectivity index is 2.09. The zero-order valence-corrected chi connectivity index (χ0v) is 14.2. The van der Waals surface area contributed by atoms with E-state index in [2.05, 4.69) is 0 Å². The Hall–Kier alpha value is -3.11. The second-order valence-electron chi connectivity index (χ2n) is 5.91. The Kier molecular flexibility index (Phi) is 3.98. The fourth-order valence-corrected chi connectivity index (χ4v) is 3.29. The van der Waals surface area contributed by atoms with Crippen LogP contribution in [0.3, 0.4) is 0 Å². The van der Waals surface area contributed by atoms with Crippen molar-refractivity contribution in [2.45, 2.75) is 0 Å². The van der Waals surface area contributed by atoms with Crippen molar-refractivity contribution >= 4 is 23.1 Å². The predicted molar refractivity (Wildman–Crippen MR) is 100 cm³/mol. The third-order valence-electron chi connectivity index (χ3n) is 4.32. The molecule has 4 rings (SSSR count). The summed E-state index contributed by atoms with van der Waals surface area (Å²) in [5.41, 5.74) is 3.54. The predicted octanol–water partition coefficient (Wildman–Crippen LogP) is 5.76. The third-order valence-corrected chi connectivity index (χ3v) is 4.57. The lowest BCUT2D eigenvalue weighted by atomic mass is 9.94. The number of aromatic carboxylic acids is 1. The largest absolute Gasteiger partial charge is 0.478 e. The number of carbonyl (C=O) groups is 1. The van der Waals surface area contributed by atoms with Crippen LogP contribution >= 0.6 is 11.6 Å². The Morgan fingerprint density at radius 3 is 2.50 bits per heavy atom. The van der Waals surface area contributed by atoms with E-state index in [1.807, 2.05) is 47.1 Å². The molecule has 1 N–H and O–H groups in total. The molecule has 0 saturated carbocycles. The van der Waals surface area contributed by atoms with Crippen molar-refractivity contribution in [3.05, 3.63) is 89.5 Å². The van der Waals surface area contributed by atoms with Gasteiger partial charge in [-0.05, 0) is 48.0 Å². The zero-order valence-electron chi connectivity index (χ0n) is 13.5. The third kappa shape index (κ3) is 2.74. The monoisotopic (exact) mass is 365 g/mol. The Bertz CT molecular complexity index is 1130. The molecule has 2 aromatic carbocycles. The van der Waals surface area contributed by atoms with Gasteiger partial charge in [0.1, 0.15) is 5.82 Å². The molecule has 0 saturated heterocycles. The van der Waals surface area contributed by atoms with Gasteiger partial charge >= 0.3 is 5.97 Å². The van der Waals surface area contributed by atoms with E-state index in [1.54, 1.807) is 12.1 Å². The van der Waals surface area contributed by atoms with Crippen molar-refractivity contribution in [1.29, 1.82) is 0 Å². The van der Waals surface area contributed by atoms with Crippen LogP contribution in [0, 0.1) is 5.82 Å². The molecule has 0 spiro atoms. The van der Waals surface area contributed by atoms with Crippen LogP contribution < -0.4 is 0 Å². The topological polar surface area (TPSA) is 41.7 Å². The number of halogens is 2. The van der Waals surface area contributed by atoms with Crippen LogP contribution in [-0.4, -0.2) is 15.5 Å². The van der Waals surface area contributed by atoms with Crippen LogP contribution in [0.4, 0.5) is 4.39 Å². The van der Waals surface area contributed by atoms with Crippen LogP contribution in [0.1, 0.15) is 10.4 Å². The van der Waals surface area contributed by atoms with Gasteiger partial charge in [0, 0.05) is 34.1 Å². The fraction of sp³-hybridized carbons (Fsp3) is 0. The number of fused-ring (bicyclic) bond motifs is 1. The highest BCUT2D eigenvalue weighted by molar-refractivity contribution is 6.30. The van der Waals surface area contributed by atoms with Gasteiger partial charge < -0.3 is 9.51 Å². The summed E-state index contributed by atoms with van der Waals surface area (Å²) in [6, 6.07) is 16.6. The quantitative estimate of drug-likeness (QED) is 0.501. The maximum atomic E-state index is 14.0. The van der Waals surface area contributed by atoms with Gasteiger partial charge in [0.15, 0.2) is 0 Å². The molecule has 0 fully saturated rings. The Labute approximate surface area is 153 Å². The standard InChI is InChI=1S/C21H13ClFNO2/c22-14-6-4-13(5-7-14)18-12-24-10-2-1-3-19(24)20(18)17-11-15(23)8-9-16(17)21(25)26/h1-12H,(H,25,26). The zero-order chi connectivity index (χ0) is 18.3. The Morgan fingerprint density at radius 2 is 1.77 bits per heavy atom. The number of carboxylic acids is 1. The van der Waals surface area contributed by atoms with Gasteiger partial charge in [-0.2, -0.15) is 0 Å². The van der Waals surface area contributed by atoms with Crippen molar-refractivity contribution in [3.63, 3.8) is 0 Å². The first-order chi connectivity index (χ1) is 12.5. The fourth-order valence-electron chi connectivity index (χ4n) is 3.16. The minimum absolute atomic E-state index is 0.0542. The first-order valence-corrected chi connectivity index (χ1v) is 8.31. The second kappa shape index (κ2) is 6.32. The molecule has 26 heavy (non-hydrogen) atoms. The van der Waals surface area contributed by atoms with E-state index in [9.17, 15) is 14.3 Å². The maximum Gasteiger partial charge on any atom is 0.336 e. The maximum absolute atomic E-state index is 14.0. The molecule has 128 valence electrons. The van der Waals surface area contributed by atoms with E-state index < -0.39 is 11.8 Å². The van der Waals surface area contributed by atoms with Crippen molar-refractivity contribution in [3.8, 4) is 22.3 Å². The summed E-state index contributed by atoms with van der Waals surface area (Å²) in [5.74, 6) is -1.58. The SMILES string of the molecule is O=C(O)c1ccc(F)cc1-c1c(-c2ccc(Cl)cc2)cn2ccccc12. The van der Waals surface area contributed by atoms with Gasteiger partial charge in [0.25, 0.3) is 0 Å². The van der Waals surface area contributed by atoms with Crippen LogP contribution in [0.5, 0.6) is 0 Å². The molecule has 2 aromatic heterocycles. The number of rotatable bonds is 3.